The third-order valence-corrected chi connectivity index (χ3v) is 2.86. The molecule has 0 aliphatic carbocycles. The Morgan fingerprint density at radius 1 is 1.33 bits per heavy atom. The number of carbonyl (C=O) groups is 1. The minimum absolute atomic E-state index is 0.141. The SMILES string of the molecule is CNc1ncc([N+](=O)[O-])cc1C(=O)NCc1ccccc1. The zero-order chi connectivity index (χ0) is 15.2. The second kappa shape index (κ2) is 6.47. The van der Waals surface area contributed by atoms with Crippen LogP contribution in [-0.2, 0) is 6.54 Å². The van der Waals surface area contributed by atoms with Crippen molar-refractivity contribution in [1.29, 1.82) is 0 Å². The van der Waals surface area contributed by atoms with Crippen molar-refractivity contribution < 1.29 is 9.72 Å². The Labute approximate surface area is 121 Å². The van der Waals surface area contributed by atoms with Crippen LogP contribution in [0.5, 0.6) is 0 Å². The highest BCUT2D eigenvalue weighted by Gasteiger charge is 2.17. The maximum absolute atomic E-state index is 12.2. The van der Waals surface area contributed by atoms with Gasteiger partial charge < -0.3 is 10.6 Å². The first kappa shape index (κ1) is 14.4. The summed E-state index contributed by atoms with van der Waals surface area (Å²) in [6.45, 7) is 0.339. The molecule has 0 spiro atoms. The fraction of sp³-hybridized carbons (Fsp3) is 0.143. The van der Waals surface area contributed by atoms with Crippen molar-refractivity contribution in [1.82, 2.24) is 10.3 Å². The molecule has 7 nitrogen and oxygen atoms in total. The summed E-state index contributed by atoms with van der Waals surface area (Å²) >= 11 is 0. The summed E-state index contributed by atoms with van der Waals surface area (Å²) in [6, 6.07) is 10.6. The number of benzene rings is 1. The summed E-state index contributed by atoms with van der Waals surface area (Å²) in [4.78, 5) is 26.2. The number of amides is 1. The molecule has 0 saturated carbocycles. The van der Waals surface area contributed by atoms with Crippen LogP contribution in [0.4, 0.5) is 11.5 Å². The van der Waals surface area contributed by atoms with E-state index in [2.05, 4.69) is 15.6 Å². The summed E-state index contributed by atoms with van der Waals surface area (Å²) in [5.41, 5.74) is 0.858. The number of nitrogens with zero attached hydrogens (tertiary/aromatic N) is 2. The normalized spacial score (nSPS) is 9.95. The van der Waals surface area contributed by atoms with E-state index in [4.69, 9.17) is 0 Å². The molecule has 0 radical (unpaired) electrons. The molecule has 7 heteroatoms. The molecule has 0 bridgehead atoms. The Morgan fingerprint density at radius 2 is 2.05 bits per heavy atom. The molecular formula is C14H14N4O3. The van der Waals surface area contributed by atoms with E-state index in [1.54, 1.807) is 7.05 Å². The van der Waals surface area contributed by atoms with Gasteiger partial charge in [0.2, 0.25) is 0 Å². The Hall–Kier alpha value is -2.96. The van der Waals surface area contributed by atoms with Gasteiger partial charge in [-0.3, -0.25) is 14.9 Å². The first-order valence-electron chi connectivity index (χ1n) is 6.26. The van der Waals surface area contributed by atoms with E-state index in [1.807, 2.05) is 30.3 Å². The number of nitro groups is 1. The standard InChI is InChI=1S/C14H14N4O3/c1-15-13-12(7-11(9-16-13)18(20)21)14(19)17-8-10-5-3-2-4-6-10/h2-7,9H,8H2,1H3,(H,15,16)(H,17,19). The van der Waals surface area contributed by atoms with Crippen LogP contribution in [0.2, 0.25) is 0 Å². The smallest absolute Gasteiger partial charge is 0.288 e. The average Bonchev–Trinajstić information content (AvgIpc) is 2.52. The average molecular weight is 286 g/mol. The van der Waals surface area contributed by atoms with Crippen molar-refractivity contribution in [2.45, 2.75) is 6.54 Å². The molecule has 2 rings (SSSR count). The number of hydrogen-bond donors (Lipinski definition) is 2. The molecule has 0 unspecified atom stereocenters. The van der Waals surface area contributed by atoms with Crippen LogP contribution >= 0.6 is 0 Å². The van der Waals surface area contributed by atoms with Gasteiger partial charge in [0.05, 0.1) is 10.5 Å². The summed E-state index contributed by atoms with van der Waals surface area (Å²) in [5.74, 6) is -0.120. The zero-order valence-corrected chi connectivity index (χ0v) is 11.4. The van der Waals surface area contributed by atoms with Crippen molar-refractivity contribution >= 4 is 17.4 Å². The first-order valence-corrected chi connectivity index (χ1v) is 6.26. The number of anilines is 1. The number of pyridine rings is 1. The van der Waals surface area contributed by atoms with Gasteiger partial charge in [0.25, 0.3) is 11.6 Å². The van der Waals surface area contributed by atoms with Crippen LogP contribution in [0, 0.1) is 10.1 Å². The molecule has 108 valence electrons. The fourth-order valence-electron chi connectivity index (χ4n) is 1.80. The predicted octanol–water partition coefficient (Wildman–Crippen LogP) is 1.96. The van der Waals surface area contributed by atoms with Crippen molar-refractivity contribution in [3.63, 3.8) is 0 Å². The molecule has 1 aromatic carbocycles. The molecule has 1 amide bonds. The zero-order valence-electron chi connectivity index (χ0n) is 11.4. The summed E-state index contributed by atoms with van der Waals surface area (Å²) in [7, 11) is 1.60. The highest BCUT2D eigenvalue weighted by Crippen LogP contribution is 2.18. The lowest BCUT2D eigenvalue weighted by molar-refractivity contribution is -0.385. The third-order valence-electron chi connectivity index (χ3n) is 2.86. The summed E-state index contributed by atoms with van der Waals surface area (Å²) in [5, 5.41) is 16.2. The number of carbonyl (C=O) groups excluding carboxylic acids is 1. The van der Waals surface area contributed by atoms with Crippen LogP contribution in [0.1, 0.15) is 15.9 Å². The molecule has 0 aliphatic heterocycles. The lowest BCUT2D eigenvalue weighted by atomic mass is 10.2. The van der Waals surface area contributed by atoms with Crippen molar-refractivity contribution in [2.24, 2.45) is 0 Å². The van der Waals surface area contributed by atoms with Crippen LogP contribution in [0.25, 0.3) is 0 Å². The van der Waals surface area contributed by atoms with E-state index in [1.165, 1.54) is 6.07 Å². The second-order valence-corrected chi connectivity index (χ2v) is 4.27. The minimum Gasteiger partial charge on any atom is -0.372 e. The highest BCUT2D eigenvalue weighted by atomic mass is 16.6. The molecule has 0 fully saturated rings. The molecular weight excluding hydrogens is 272 g/mol. The largest absolute Gasteiger partial charge is 0.372 e. The van der Waals surface area contributed by atoms with E-state index in [0.717, 1.165) is 11.8 Å². The number of aromatic nitrogens is 1. The number of hydrogen-bond acceptors (Lipinski definition) is 5. The summed E-state index contributed by atoms with van der Waals surface area (Å²) in [6.07, 6.45) is 1.11. The Kier molecular flexibility index (Phi) is 4.45. The van der Waals surface area contributed by atoms with Gasteiger partial charge in [-0.2, -0.15) is 0 Å². The molecule has 0 atom stereocenters. The van der Waals surface area contributed by atoms with E-state index in [-0.39, 0.29) is 11.3 Å². The quantitative estimate of drug-likeness (QED) is 0.647. The van der Waals surface area contributed by atoms with Crippen LogP contribution in [0.15, 0.2) is 42.6 Å². The van der Waals surface area contributed by atoms with E-state index >= 15 is 0 Å². The Morgan fingerprint density at radius 3 is 2.67 bits per heavy atom. The van der Waals surface area contributed by atoms with Gasteiger partial charge in [-0.15, -0.1) is 0 Å². The molecule has 1 heterocycles. The molecule has 21 heavy (non-hydrogen) atoms. The van der Waals surface area contributed by atoms with E-state index in [0.29, 0.717) is 12.4 Å². The van der Waals surface area contributed by atoms with Crippen LogP contribution in [-0.4, -0.2) is 22.9 Å². The lowest BCUT2D eigenvalue weighted by Crippen LogP contribution is -2.24. The number of nitrogens with one attached hydrogen (secondary N) is 2. The monoisotopic (exact) mass is 286 g/mol. The van der Waals surface area contributed by atoms with Crippen molar-refractivity contribution in [3.8, 4) is 0 Å². The molecule has 0 saturated heterocycles. The van der Waals surface area contributed by atoms with Gasteiger partial charge in [-0.1, -0.05) is 30.3 Å². The van der Waals surface area contributed by atoms with Crippen molar-refractivity contribution in [2.75, 3.05) is 12.4 Å². The van der Waals surface area contributed by atoms with E-state index < -0.39 is 10.8 Å². The second-order valence-electron chi connectivity index (χ2n) is 4.27. The number of rotatable bonds is 5. The van der Waals surface area contributed by atoms with Crippen LogP contribution in [0.3, 0.4) is 0 Å². The fourth-order valence-corrected chi connectivity index (χ4v) is 1.80. The third kappa shape index (κ3) is 3.53. The van der Waals surface area contributed by atoms with Gasteiger partial charge in [0.1, 0.15) is 12.0 Å². The van der Waals surface area contributed by atoms with Gasteiger partial charge in [0, 0.05) is 19.7 Å². The maximum atomic E-state index is 12.2. The Bertz CT molecular complexity index is 659. The van der Waals surface area contributed by atoms with E-state index in [9.17, 15) is 14.9 Å². The van der Waals surface area contributed by atoms with Crippen molar-refractivity contribution in [3.05, 3.63) is 63.8 Å². The predicted molar refractivity (Wildman–Crippen MR) is 78.1 cm³/mol. The topological polar surface area (TPSA) is 97.2 Å². The molecule has 0 aliphatic rings. The maximum Gasteiger partial charge on any atom is 0.288 e. The molecule has 2 aromatic rings. The minimum atomic E-state index is -0.583. The molecule has 2 N–H and O–H groups in total. The Balaban J connectivity index is 2.17. The van der Waals surface area contributed by atoms with Crippen LogP contribution < -0.4 is 10.6 Å². The van der Waals surface area contributed by atoms with Gasteiger partial charge in [-0.05, 0) is 5.56 Å². The van der Waals surface area contributed by atoms with Gasteiger partial charge in [0.15, 0.2) is 0 Å². The first-order chi connectivity index (χ1) is 10.1. The molecule has 1 aromatic heterocycles. The van der Waals surface area contributed by atoms with Gasteiger partial charge >= 0.3 is 0 Å². The highest BCUT2D eigenvalue weighted by molar-refractivity contribution is 5.99. The lowest BCUT2D eigenvalue weighted by Gasteiger charge is -2.09. The summed E-state index contributed by atoms with van der Waals surface area (Å²) < 4.78 is 0. The van der Waals surface area contributed by atoms with Gasteiger partial charge in [-0.25, -0.2) is 4.98 Å².